The second-order valence-electron chi connectivity index (χ2n) is 6.71. The van der Waals surface area contributed by atoms with E-state index in [0.717, 1.165) is 11.1 Å². The van der Waals surface area contributed by atoms with E-state index in [0.29, 0.717) is 18.0 Å². The Hall–Kier alpha value is -2.83. The summed E-state index contributed by atoms with van der Waals surface area (Å²) in [5.41, 5.74) is 3.31. The number of nitrogens with one attached hydrogen (secondary N) is 2. The number of ether oxygens (including phenoxy) is 2. The predicted octanol–water partition coefficient (Wildman–Crippen LogP) is 4.07. The van der Waals surface area contributed by atoms with Crippen molar-refractivity contribution in [2.45, 2.75) is 19.5 Å². The standard InChI is InChI=1S/C23H26N2O3S/c1-16-6-9-18(10-7-16)23(21-5-4-12-29-21)25-15-22(26)24-14-17-8-11-19(27-2)20(13-17)28-3/h4-13,23,25H,14-15H2,1-3H3,(H,24,26)/t23-/m1/s1. The number of benzene rings is 2. The molecule has 1 amide bonds. The summed E-state index contributed by atoms with van der Waals surface area (Å²) in [5.74, 6) is 1.25. The van der Waals surface area contributed by atoms with Gasteiger partial charge in [-0.2, -0.15) is 0 Å². The zero-order chi connectivity index (χ0) is 20.6. The second kappa shape index (κ2) is 10.1. The van der Waals surface area contributed by atoms with Gasteiger partial charge in [-0.25, -0.2) is 0 Å². The van der Waals surface area contributed by atoms with Crippen molar-refractivity contribution in [3.8, 4) is 11.5 Å². The van der Waals surface area contributed by atoms with Crippen LogP contribution in [0.2, 0.25) is 0 Å². The number of rotatable bonds is 9. The molecule has 0 saturated heterocycles. The fourth-order valence-electron chi connectivity index (χ4n) is 3.05. The van der Waals surface area contributed by atoms with Crippen LogP contribution in [0.25, 0.3) is 0 Å². The maximum Gasteiger partial charge on any atom is 0.234 e. The molecule has 2 aromatic carbocycles. The molecule has 0 aliphatic rings. The van der Waals surface area contributed by atoms with Crippen molar-refractivity contribution in [3.05, 3.63) is 81.5 Å². The van der Waals surface area contributed by atoms with Crippen LogP contribution in [0.5, 0.6) is 11.5 Å². The SMILES string of the molecule is COc1ccc(CNC(=O)CN[C@H](c2ccc(C)cc2)c2cccs2)cc1OC. The molecule has 0 bridgehead atoms. The maximum atomic E-state index is 12.4. The van der Waals surface area contributed by atoms with Gasteiger partial charge in [0.2, 0.25) is 5.91 Å². The van der Waals surface area contributed by atoms with Crippen LogP contribution in [-0.4, -0.2) is 26.7 Å². The third-order valence-corrected chi connectivity index (χ3v) is 5.58. The van der Waals surface area contributed by atoms with Crippen molar-refractivity contribution in [1.29, 1.82) is 0 Å². The third-order valence-electron chi connectivity index (χ3n) is 4.64. The number of carbonyl (C=O) groups excluding carboxylic acids is 1. The molecule has 1 heterocycles. The van der Waals surface area contributed by atoms with Gasteiger partial charge in [-0.05, 0) is 41.6 Å². The van der Waals surface area contributed by atoms with Gasteiger partial charge in [0.15, 0.2) is 11.5 Å². The van der Waals surface area contributed by atoms with Gasteiger partial charge in [-0.15, -0.1) is 11.3 Å². The Balaban J connectivity index is 1.60. The highest BCUT2D eigenvalue weighted by Crippen LogP contribution is 2.28. The number of thiophene rings is 1. The average Bonchev–Trinajstić information content (AvgIpc) is 3.28. The van der Waals surface area contributed by atoms with Gasteiger partial charge in [0.1, 0.15) is 0 Å². The third kappa shape index (κ3) is 5.59. The Kier molecular flexibility index (Phi) is 7.27. The molecule has 0 aliphatic carbocycles. The van der Waals surface area contributed by atoms with Gasteiger partial charge >= 0.3 is 0 Å². The Morgan fingerprint density at radius 2 is 1.79 bits per heavy atom. The zero-order valence-corrected chi connectivity index (χ0v) is 17.7. The molecule has 29 heavy (non-hydrogen) atoms. The quantitative estimate of drug-likeness (QED) is 0.558. The summed E-state index contributed by atoms with van der Waals surface area (Å²) in [6, 6.07) is 18.1. The first kappa shape index (κ1) is 20.9. The lowest BCUT2D eigenvalue weighted by Crippen LogP contribution is -2.35. The molecule has 3 aromatic rings. The summed E-state index contributed by atoms with van der Waals surface area (Å²) in [5, 5.41) is 8.39. The molecule has 0 spiro atoms. The summed E-state index contributed by atoms with van der Waals surface area (Å²) in [4.78, 5) is 13.6. The lowest BCUT2D eigenvalue weighted by molar-refractivity contribution is -0.120. The number of aryl methyl sites for hydroxylation is 1. The van der Waals surface area contributed by atoms with Crippen LogP contribution >= 0.6 is 11.3 Å². The molecular weight excluding hydrogens is 384 g/mol. The van der Waals surface area contributed by atoms with Crippen molar-refractivity contribution in [3.63, 3.8) is 0 Å². The molecular formula is C23H26N2O3S. The summed E-state index contributed by atoms with van der Waals surface area (Å²) < 4.78 is 10.6. The highest BCUT2D eigenvalue weighted by molar-refractivity contribution is 7.10. The van der Waals surface area contributed by atoms with Crippen molar-refractivity contribution in [1.82, 2.24) is 10.6 Å². The van der Waals surface area contributed by atoms with Gasteiger partial charge in [0.25, 0.3) is 0 Å². The van der Waals surface area contributed by atoms with Crippen LogP contribution in [0.1, 0.15) is 27.6 Å². The Bertz CT molecular complexity index is 924. The molecule has 6 heteroatoms. The molecule has 3 rings (SSSR count). The number of hydrogen-bond donors (Lipinski definition) is 2. The summed E-state index contributed by atoms with van der Waals surface area (Å²) >= 11 is 1.68. The van der Waals surface area contributed by atoms with Crippen LogP contribution < -0.4 is 20.1 Å². The normalized spacial score (nSPS) is 11.7. The van der Waals surface area contributed by atoms with Gasteiger partial charge in [0.05, 0.1) is 26.8 Å². The van der Waals surface area contributed by atoms with Crippen molar-refractivity contribution in [2.75, 3.05) is 20.8 Å². The summed E-state index contributed by atoms with van der Waals surface area (Å²) in [6.07, 6.45) is 0. The molecule has 0 saturated carbocycles. The molecule has 2 N–H and O–H groups in total. The Morgan fingerprint density at radius 1 is 1.03 bits per heavy atom. The molecule has 152 valence electrons. The summed E-state index contributed by atoms with van der Waals surface area (Å²) in [7, 11) is 3.20. The van der Waals surface area contributed by atoms with Crippen LogP contribution in [0.3, 0.4) is 0 Å². The number of hydrogen-bond acceptors (Lipinski definition) is 5. The zero-order valence-electron chi connectivity index (χ0n) is 16.9. The molecule has 0 radical (unpaired) electrons. The molecule has 1 aromatic heterocycles. The Labute approximate surface area is 175 Å². The number of carbonyl (C=O) groups is 1. The first-order valence-corrected chi connectivity index (χ1v) is 10.3. The van der Waals surface area contributed by atoms with Crippen molar-refractivity contribution >= 4 is 17.2 Å². The highest BCUT2D eigenvalue weighted by atomic mass is 32.1. The fraction of sp³-hybridized carbons (Fsp3) is 0.261. The van der Waals surface area contributed by atoms with Gasteiger partial charge in [0, 0.05) is 11.4 Å². The van der Waals surface area contributed by atoms with Crippen LogP contribution in [0.4, 0.5) is 0 Å². The van der Waals surface area contributed by atoms with Crippen LogP contribution in [-0.2, 0) is 11.3 Å². The van der Waals surface area contributed by atoms with E-state index in [-0.39, 0.29) is 18.5 Å². The van der Waals surface area contributed by atoms with E-state index >= 15 is 0 Å². The van der Waals surface area contributed by atoms with E-state index in [1.54, 1.807) is 25.6 Å². The van der Waals surface area contributed by atoms with Gasteiger partial charge in [-0.3, -0.25) is 10.1 Å². The van der Waals surface area contributed by atoms with E-state index in [4.69, 9.17) is 9.47 Å². The minimum absolute atomic E-state index is 0.0116. The van der Waals surface area contributed by atoms with E-state index in [1.807, 2.05) is 24.3 Å². The second-order valence-corrected chi connectivity index (χ2v) is 7.69. The molecule has 0 unspecified atom stereocenters. The minimum atomic E-state index is -0.0616. The lowest BCUT2D eigenvalue weighted by Gasteiger charge is -2.18. The monoisotopic (exact) mass is 410 g/mol. The van der Waals surface area contributed by atoms with E-state index in [2.05, 4.69) is 53.3 Å². The largest absolute Gasteiger partial charge is 0.493 e. The van der Waals surface area contributed by atoms with Crippen molar-refractivity contribution < 1.29 is 14.3 Å². The lowest BCUT2D eigenvalue weighted by atomic mass is 10.0. The Morgan fingerprint density at radius 3 is 2.45 bits per heavy atom. The van der Waals surface area contributed by atoms with E-state index < -0.39 is 0 Å². The first-order chi connectivity index (χ1) is 14.1. The predicted molar refractivity (Wildman–Crippen MR) is 117 cm³/mol. The van der Waals surface area contributed by atoms with E-state index in [1.165, 1.54) is 10.4 Å². The number of amides is 1. The van der Waals surface area contributed by atoms with Crippen LogP contribution in [0.15, 0.2) is 60.0 Å². The van der Waals surface area contributed by atoms with Gasteiger partial charge < -0.3 is 14.8 Å². The molecule has 0 aliphatic heterocycles. The van der Waals surface area contributed by atoms with Crippen LogP contribution in [0, 0.1) is 6.92 Å². The smallest absolute Gasteiger partial charge is 0.234 e. The highest BCUT2D eigenvalue weighted by Gasteiger charge is 2.16. The number of methoxy groups -OCH3 is 2. The fourth-order valence-corrected chi connectivity index (χ4v) is 3.87. The molecule has 0 fully saturated rings. The van der Waals surface area contributed by atoms with Gasteiger partial charge in [-0.1, -0.05) is 42.0 Å². The first-order valence-electron chi connectivity index (χ1n) is 9.41. The average molecular weight is 411 g/mol. The molecule has 5 nitrogen and oxygen atoms in total. The van der Waals surface area contributed by atoms with Crippen molar-refractivity contribution in [2.24, 2.45) is 0 Å². The topological polar surface area (TPSA) is 59.6 Å². The minimum Gasteiger partial charge on any atom is -0.493 e. The molecule has 1 atom stereocenters. The van der Waals surface area contributed by atoms with E-state index in [9.17, 15) is 4.79 Å². The maximum absolute atomic E-state index is 12.4. The summed E-state index contributed by atoms with van der Waals surface area (Å²) in [6.45, 7) is 2.72.